The predicted octanol–water partition coefficient (Wildman–Crippen LogP) is 2.16. The van der Waals surface area contributed by atoms with Crippen molar-refractivity contribution in [1.82, 2.24) is 0 Å². The molecule has 0 radical (unpaired) electrons. The molecule has 11 heavy (non-hydrogen) atoms. The molecule has 2 saturated carbocycles. The van der Waals surface area contributed by atoms with Crippen molar-refractivity contribution in [2.45, 2.75) is 38.5 Å². The Morgan fingerprint density at radius 3 is 2.18 bits per heavy atom. The van der Waals surface area contributed by atoms with Crippen molar-refractivity contribution in [3.05, 3.63) is 0 Å². The van der Waals surface area contributed by atoms with Crippen molar-refractivity contribution < 1.29 is 0 Å². The minimum absolute atomic E-state index is 0.874. The fraction of sp³-hybridized carbons (Fsp3) is 1.00. The Balaban J connectivity index is 1.94. The van der Waals surface area contributed by atoms with Crippen LogP contribution in [0.4, 0.5) is 0 Å². The van der Waals surface area contributed by atoms with E-state index in [2.05, 4.69) is 0 Å². The first kappa shape index (κ1) is 7.60. The van der Waals surface area contributed by atoms with Crippen LogP contribution in [0.3, 0.4) is 0 Å². The third-order valence-corrected chi connectivity index (χ3v) is 3.56. The van der Waals surface area contributed by atoms with Crippen LogP contribution in [0.25, 0.3) is 0 Å². The van der Waals surface area contributed by atoms with E-state index in [0.717, 1.165) is 24.3 Å². The van der Waals surface area contributed by atoms with Gasteiger partial charge in [0.05, 0.1) is 0 Å². The van der Waals surface area contributed by atoms with Gasteiger partial charge in [-0.15, -0.1) is 0 Å². The molecule has 0 saturated heterocycles. The van der Waals surface area contributed by atoms with Gasteiger partial charge < -0.3 is 5.73 Å². The van der Waals surface area contributed by atoms with Crippen LogP contribution in [-0.4, -0.2) is 6.54 Å². The lowest BCUT2D eigenvalue weighted by Crippen LogP contribution is -2.30. The first-order valence-electron chi connectivity index (χ1n) is 5.08. The summed E-state index contributed by atoms with van der Waals surface area (Å²) >= 11 is 0. The average Bonchev–Trinajstić information content (AvgIpc) is 2.03. The molecule has 0 aromatic heterocycles. The van der Waals surface area contributed by atoms with Gasteiger partial charge in [-0.1, -0.05) is 19.3 Å². The van der Waals surface area contributed by atoms with E-state index in [0.29, 0.717) is 0 Å². The molecule has 2 aliphatic carbocycles. The third kappa shape index (κ3) is 1.58. The maximum Gasteiger partial charge on any atom is -0.00487 e. The van der Waals surface area contributed by atoms with Gasteiger partial charge in [-0.05, 0) is 43.6 Å². The summed E-state index contributed by atoms with van der Waals surface area (Å²) < 4.78 is 0. The van der Waals surface area contributed by atoms with Crippen LogP contribution in [0.2, 0.25) is 0 Å². The highest BCUT2D eigenvalue weighted by molar-refractivity contribution is 4.83. The fourth-order valence-corrected chi connectivity index (χ4v) is 3.06. The lowest BCUT2D eigenvalue weighted by atomic mass is 9.68. The van der Waals surface area contributed by atoms with Crippen LogP contribution in [-0.2, 0) is 0 Å². The molecule has 0 heterocycles. The van der Waals surface area contributed by atoms with Crippen molar-refractivity contribution in [2.24, 2.45) is 23.5 Å². The molecular formula is C10H19N. The maximum absolute atomic E-state index is 5.71. The lowest BCUT2D eigenvalue weighted by molar-refractivity contribution is 0.141. The van der Waals surface area contributed by atoms with E-state index in [4.69, 9.17) is 5.73 Å². The standard InChI is InChI=1S/C10H19N/c11-7-10-5-8-2-1-3-9(4-8)6-10/h8-10H,1-7,11H2/t8-,9-/m1/s1. The molecule has 0 spiro atoms. The minimum atomic E-state index is 0.874. The van der Waals surface area contributed by atoms with E-state index >= 15 is 0 Å². The fourth-order valence-electron chi connectivity index (χ4n) is 3.06. The number of hydrogen-bond acceptors (Lipinski definition) is 1. The van der Waals surface area contributed by atoms with Crippen LogP contribution in [0.1, 0.15) is 38.5 Å². The Kier molecular flexibility index (Phi) is 2.17. The zero-order valence-electron chi connectivity index (χ0n) is 7.26. The Hall–Kier alpha value is -0.0400. The summed E-state index contributed by atoms with van der Waals surface area (Å²) in [6.45, 7) is 0.938. The van der Waals surface area contributed by atoms with Crippen LogP contribution in [0.15, 0.2) is 0 Å². The van der Waals surface area contributed by atoms with E-state index < -0.39 is 0 Å². The van der Waals surface area contributed by atoms with E-state index in [-0.39, 0.29) is 0 Å². The van der Waals surface area contributed by atoms with Crippen LogP contribution in [0.5, 0.6) is 0 Å². The quantitative estimate of drug-likeness (QED) is 0.614. The largest absolute Gasteiger partial charge is 0.330 e. The van der Waals surface area contributed by atoms with Crippen LogP contribution >= 0.6 is 0 Å². The lowest BCUT2D eigenvalue weighted by Gasteiger charge is -2.38. The summed E-state index contributed by atoms with van der Waals surface area (Å²) in [7, 11) is 0. The Morgan fingerprint density at radius 1 is 1.00 bits per heavy atom. The molecule has 0 amide bonds. The molecule has 2 N–H and O–H groups in total. The summed E-state index contributed by atoms with van der Waals surface area (Å²) in [4.78, 5) is 0. The third-order valence-electron chi connectivity index (χ3n) is 3.56. The highest BCUT2D eigenvalue weighted by Gasteiger charge is 2.30. The number of hydrogen-bond donors (Lipinski definition) is 1. The molecule has 64 valence electrons. The monoisotopic (exact) mass is 153 g/mol. The smallest absolute Gasteiger partial charge is 0.00487 e. The topological polar surface area (TPSA) is 26.0 Å². The molecule has 1 nitrogen and oxygen atoms in total. The Labute approximate surface area is 69.4 Å². The molecular weight excluding hydrogens is 134 g/mol. The highest BCUT2D eigenvalue weighted by atomic mass is 14.6. The van der Waals surface area contributed by atoms with E-state index in [9.17, 15) is 0 Å². The molecule has 0 aliphatic heterocycles. The Bertz CT molecular complexity index is 121. The van der Waals surface area contributed by atoms with Crippen molar-refractivity contribution in [1.29, 1.82) is 0 Å². The second-order valence-corrected chi connectivity index (χ2v) is 4.47. The first-order chi connectivity index (χ1) is 5.38. The number of nitrogens with two attached hydrogens (primary N) is 1. The van der Waals surface area contributed by atoms with Gasteiger partial charge in [0, 0.05) is 0 Å². The highest BCUT2D eigenvalue weighted by Crippen LogP contribution is 2.41. The normalized spacial score (nSPS) is 43.9. The molecule has 0 aromatic carbocycles. The number of rotatable bonds is 1. The molecule has 2 fully saturated rings. The first-order valence-corrected chi connectivity index (χ1v) is 5.08. The van der Waals surface area contributed by atoms with Gasteiger partial charge >= 0.3 is 0 Å². The van der Waals surface area contributed by atoms with Crippen LogP contribution in [0, 0.1) is 17.8 Å². The van der Waals surface area contributed by atoms with Crippen LogP contribution < -0.4 is 5.73 Å². The summed E-state index contributed by atoms with van der Waals surface area (Å²) in [5, 5.41) is 0. The zero-order valence-corrected chi connectivity index (χ0v) is 7.26. The van der Waals surface area contributed by atoms with Crippen molar-refractivity contribution in [2.75, 3.05) is 6.54 Å². The Morgan fingerprint density at radius 2 is 1.64 bits per heavy atom. The van der Waals surface area contributed by atoms with Gasteiger partial charge in [-0.2, -0.15) is 0 Å². The van der Waals surface area contributed by atoms with E-state index in [1.807, 2.05) is 0 Å². The minimum Gasteiger partial charge on any atom is -0.330 e. The molecule has 2 atom stereocenters. The predicted molar refractivity (Wildman–Crippen MR) is 47.2 cm³/mol. The van der Waals surface area contributed by atoms with Gasteiger partial charge in [0.1, 0.15) is 0 Å². The van der Waals surface area contributed by atoms with Crippen molar-refractivity contribution in [3.63, 3.8) is 0 Å². The molecule has 0 aromatic rings. The number of fused-ring (bicyclic) bond motifs is 2. The summed E-state index contributed by atoms with van der Waals surface area (Å²) in [6.07, 6.45) is 8.88. The van der Waals surface area contributed by atoms with Crippen molar-refractivity contribution >= 4 is 0 Å². The molecule has 2 rings (SSSR count). The zero-order chi connectivity index (χ0) is 7.68. The van der Waals surface area contributed by atoms with Gasteiger partial charge in [0.2, 0.25) is 0 Å². The van der Waals surface area contributed by atoms with Gasteiger partial charge in [-0.25, -0.2) is 0 Å². The molecule has 0 unspecified atom stereocenters. The van der Waals surface area contributed by atoms with E-state index in [1.54, 1.807) is 0 Å². The van der Waals surface area contributed by atoms with Gasteiger partial charge in [0.25, 0.3) is 0 Å². The summed E-state index contributed by atoms with van der Waals surface area (Å²) in [5.41, 5.74) is 5.71. The van der Waals surface area contributed by atoms with E-state index in [1.165, 1.54) is 38.5 Å². The second kappa shape index (κ2) is 3.14. The molecule has 1 heteroatoms. The second-order valence-electron chi connectivity index (χ2n) is 4.47. The molecule has 2 aliphatic rings. The van der Waals surface area contributed by atoms with Gasteiger partial charge in [0.15, 0.2) is 0 Å². The summed E-state index contributed by atoms with van der Waals surface area (Å²) in [5.74, 6) is 2.98. The average molecular weight is 153 g/mol. The summed E-state index contributed by atoms with van der Waals surface area (Å²) in [6, 6.07) is 0. The maximum atomic E-state index is 5.71. The van der Waals surface area contributed by atoms with Gasteiger partial charge in [-0.3, -0.25) is 0 Å². The molecule has 2 bridgehead atoms. The van der Waals surface area contributed by atoms with Crippen molar-refractivity contribution in [3.8, 4) is 0 Å². The SMILES string of the molecule is NCC1C[C@@H]2CCC[C@@H](C1)C2.